The number of hydrogen-bond donors (Lipinski definition) is 1. The number of esters is 1. The van der Waals surface area contributed by atoms with E-state index in [-0.39, 0.29) is 5.82 Å². The number of carbonyl (C=O) groups excluding carboxylic acids is 1. The Morgan fingerprint density at radius 2 is 2.12 bits per heavy atom. The van der Waals surface area contributed by atoms with E-state index in [9.17, 15) is 13.2 Å². The highest BCUT2D eigenvalue weighted by Crippen LogP contribution is 2.10. The summed E-state index contributed by atoms with van der Waals surface area (Å²) in [6.45, 7) is 3.09. The molecule has 0 spiro atoms. The molecule has 6 nitrogen and oxygen atoms in total. The van der Waals surface area contributed by atoms with Gasteiger partial charge in [0.2, 0.25) is 10.0 Å². The van der Waals surface area contributed by atoms with Gasteiger partial charge >= 0.3 is 5.97 Å². The van der Waals surface area contributed by atoms with Crippen LogP contribution in [-0.2, 0) is 19.6 Å². The molecule has 1 unspecified atom stereocenters. The van der Waals surface area contributed by atoms with Crippen molar-refractivity contribution >= 4 is 21.8 Å². The third kappa shape index (κ3) is 3.42. The fourth-order valence-corrected chi connectivity index (χ4v) is 1.99. The normalized spacial score (nSPS) is 12.9. The van der Waals surface area contributed by atoms with E-state index in [1.807, 2.05) is 6.92 Å². The van der Waals surface area contributed by atoms with Gasteiger partial charge in [-0.25, -0.2) is 13.4 Å². The van der Waals surface area contributed by atoms with Gasteiger partial charge in [0.1, 0.15) is 5.82 Å². The standard InChI is InChI=1S/C10H14N2O4S/c1-7-4-5-9(11-6-7)12-17(14,15)8(2)10(13)16-3/h4-6,8H,1-3H3,(H,11,12). The molecule has 0 radical (unpaired) electrons. The number of rotatable bonds is 4. The maximum Gasteiger partial charge on any atom is 0.325 e. The summed E-state index contributed by atoms with van der Waals surface area (Å²) in [5.74, 6) is -0.643. The monoisotopic (exact) mass is 258 g/mol. The average Bonchev–Trinajstić information content (AvgIpc) is 2.30. The molecule has 1 rings (SSSR count). The minimum Gasteiger partial charge on any atom is -0.468 e. The molecule has 0 amide bonds. The van der Waals surface area contributed by atoms with Crippen molar-refractivity contribution in [3.8, 4) is 0 Å². The molecule has 0 saturated heterocycles. The van der Waals surface area contributed by atoms with Crippen LogP contribution in [0.1, 0.15) is 12.5 Å². The first-order valence-electron chi connectivity index (χ1n) is 4.89. The zero-order chi connectivity index (χ0) is 13.1. The predicted octanol–water partition coefficient (Wildman–Crippen LogP) is 0.693. The van der Waals surface area contributed by atoms with Crippen LogP contribution in [0.15, 0.2) is 18.3 Å². The number of sulfonamides is 1. The van der Waals surface area contributed by atoms with Crippen molar-refractivity contribution < 1.29 is 17.9 Å². The Hall–Kier alpha value is -1.63. The molecule has 94 valence electrons. The fourth-order valence-electron chi connectivity index (χ4n) is 1.05. The number of nitrogens with zero attached hydrogens (tertiary/aromatic N) is 1. The first-order chi connectivity index (χ1) is 7.86. The van der Waals surface area contributed by atoms with Gasteiger partial charge in [-0.3, -0.25) is 9.52 Å². The predicted molar refractivity (Wildman–Crippen MR) is 63.0 cm³/mol. The van der Waals surface area contributed by atoms with Crippen LogP contribution in [0.3, 0.4) is 0 Å². The molecule has 7 heteroatoms. The second kappa shape index (κ2) is 5.13. The summed E-state index contributed by atoms with van der Waals surface area (Å²) in [5.41, 5.74) is 0.911. The number of aryl methyl sites for hydroxylation is 1. The highest BCUT2D eigenvalue weighted by atomic mass is 32.2. The lowest BCUT2D eigenvalue weighted by Gasteiger charge is -2.12. The van der Waals surface area contributed by atoms with Crippen LogP contribution in [0, 0.1) is 6.92 Å². The van der Waals surface area contributed by atoms with Gasteiger partial charge in [0.05, 0.1) is 7.11 Å². The summed E-state index contributed by atoms with van der Waals surface area (Å²) in [5, 5.41) is -1.28. The Morgan fingerprint density at radius 1 is 1.47 bits per heavy atom. The minimum atomic E-state index is -3.82. The lowest BCUT2D eigenvalue weighted by Crippen LogP contribution is -2.33. The molecule has 0 saturated carbocycles. The molecule has 0 fully saturated rings. The number of ether oxygens (including phenoxy) is 1. The fraction of sp³-hybridized carbons (Fsp3) is 0.400. The Bertz CT molecular complexity index is 496. The lowest BCUT2D eigenvalue weighted by atomic mass is 10.3. The SMILES string of the molecule is COC(=O)C(C)S(=O)(=O)Nc1ccc(C)cn1. The van der Waals surface area contributed by atoms with Gasteiger partial charge in [-0.1, -0.05) is 6.07 Å². The van der Waals surface area contributed by atoms with Crippen LogP contribution < -0.4 is 4.72 Å². The first-order valence-corrected chi connectivity index (χ1v) is 6.43. The van der Waals surface area contributed by atoms with Gasteiger partial charge < -0.3 is 4.74 Å². The highest BCUT2D eigenvalue weighted by molar-refractivity contribution is 7.94. The smallest absolute Gasteiger partial charge is 0.325 e. The van der Waals surface area contributed by atoms with Crippen molar-refractivity contribution in [1.82, 2.24) is 4.98 Å². The topological polar surface area (TPSA) is 85.4 Å². The number of pyridine rings is 1. The van der Waals surface area contributed by atoms with Gasteiger partial charge in [0, 0.05) is 6.20 Å². The maximum atomic E-state index is 11.7. The van der Waals surface area contributed by atoms with Gasteiger partial charge in [-0.15, -0.1) is 0 Å². The maximum absolute atomic E-state index is 11.7. The molecule has 0 aromatic carbocycles. The van der Waals surface area contributed by atoms with Crippen LogP contribution in [0.5, 0.6) is 0 Å². The Labute approximate surface area is 100 Å². The summed E-state index contributed by atoms with van der Waals surface area (Å²) < 4.78 is 30.1. The minimum absolute atomic E-state index is 0.173. The molecule has 1 aromatic rings. The van der Waals surface area contributed by atoms with E-state index in [0.29, 0.717) is 0 Å². The zero-order valence-corrected chi connectivity index (χ0v) is 10.6. The first kappa shape index (κ1) is 13.4. The summed E-state index contributed by atoms with van der Waals surface area (Å²) in [7, 11) is -2.69. The second-order valence-electron chi connectivity index (χ2n) is 3.53. The number of carbonyl (C=O) groups is 1. The molecule has 0 aliphatic rings. The lowest BCUT2D eigenvalue weighted by molar-refractivity contribution is -0.139. The third-order valence-electron chi connectivity index (χ3n) is 2.16. The van der Waals surface area contributed by atoms with E-state index in [1.54, 1.807) is 6.07 Å². The number of hydrogen-bond acceptors (Lipinski definition) is 5. The zero-order valence-electron chi connectivity index (χ0n) is 9.80. The van der Waals surface area contributed by atoms with Crippen LogP contribution in [-0.4, -0.2) is 31.7 Å². The van der Waals surface area contributed by atoms with Crippen molar-refractivity contribution in [2.45, 2.75) is 19.1 Å². The second-order valence-corrected chi connectivity index (χ2v) is 5.53. The van der Waals surface area contributed by atoms with Crippen LogP contribution in [0.25, 0.3) is 0 Å². The van der Waals surface area contributed by atoms with E-state index in [4.69, 9.17) is 0 Å². The van der Waals surface area contributed by atoms with Crippen molar-refractivity contribution in [3.63, 3.8) is 0 Å². The Morgan fingerprint density at radius 3 is 2.59 bits per heavy atom. The highest BCUT2D eigenvalue weighted by Gasteiger charge is 2.29. The molecule has 1 aromatic heterocycles. The molecular weight excluding hydrogens is 244 g/mol. The van der Waals surface area contributed by atoms with E-state index in [0.717, 1.165) is 12.7 Å². The van der Waals surface area contributed by atoms with Crippen molar-refractivity contribution in [1.29, 1.82) is 0 Å². The quantitative estimate of drug-likeness (QED) is 0.803. The Kier molecular flexibility index (Phi) is 4.06. The van der Waals surface area contributed by atoms with Gasteiger partial charge in [-0.05, 0) is 25.5 Å². The molecule has 1 atom stereocenters. The molecule has 1 heterocycles. The van der Waals surface area contributed by atoms with Crippen molar-refractivity contribution in [3.05, 3.63) is 23.9 Å². The summed E-state index contributed by atoms with van der Waals surface area (Å²) in [4.78, 5) is 15.0. The van der Waals surface area contributed by atoms with E-state index in [1.165, 1.54) is 19.2 Å². The van der Waals surface area contributed by atoms with Gasteiger partial charge in [0.15, 0.2) is 5.25 Å². The number of aromatic nitrogens is 1. The van der Waals surface area contributed by atoms with Crippen LogP contribution in [0.2, 0.25) is 0 Å². The summed E-state index contributed by atoms with van der Waals surface area (Å²) in [6, 6.07) is 3.24. The van der Waals surface area contributed by atoms with E-state index < -0.39 is 21.2 Å². The van der Waals surface area contributed by atoms with Crippen LogP contribution >= 0.6 is 0 Å². The van der Waals surface area contributed by atoms with Crippen LogP contribution in [0.4, 0.5) is 5.82 Å². The summed E-state index contributed by atoms with van der Waals surface area (Å²) >= 11 is 0. The molecule has 0 bridgehead atoms. The average molecular weight is 258 g/mol. The largest absolute Gasteiger partial charge is 0.468 e. The summed E-state index contributed by atoms with van der Waals surface area (Å²) in [6.07, 6.45) is 1.53. The number of anilines is 1. The molecule has 0 aliphatic heterocycles. The third-order valence-corrected chi connectivity index (χ3v) is 3.77. The molecular formula is C10H14N2O4S. The van der Waals surface area contributed by atoms with E-state index >= 15 is 0 Å². The Balaban J connectivity index is 2.86. The molecule has 1 N–H and O–H groups in total. The van der Waals surface area contributed by atoms with E-state index in [2.05, 4.69) is 14.4 Å². The van der Waals surface area contributed by atoms with Gasteiger partial charge in [0.25, 0.3) is 0 Å². The number of methoxy groups -OCH3 is 1. The molecule has 0 aliphatic carbocycles. The van der Waals surface area contributed by atoms with Crippen molar-refractivity contribution in [2.75, 3.05) is 11.8 Å². The van der Waals surface area contributed by atoms with Crippen molar-refractivity contribution in [2.24, 2.45) is 0 Å². The number of nitrogens with one attached hydrogen (secondary N) is 1. The molecule has 17 heavy (non-hydrogen) atoms. The van der Waals surface area contributed by atoms with Gasteiger partial charge in [-0.2, -0.15) is 0 Å².